The van der Waals surface area contributed by atoms with Gasteiger partial charge in [0, 0.05) is 30.1 Å². The molecule has 1 saturated heterocycles. The quantitative estimate of drug-likeness (QED) is 0.629. The molecule has 0 amide bonds. The Kier molecular flexibility index (Phi) is 4.26. The maximum Gasteiger partial charge on any atom is 0.338 e. The lowest BCUT2D eigenvalue weighted by Gasteiger charge is -2.22. The van der Waals surface area contributed by atoms with Crippen molar-refractivity contribution in [2.75, 3.05) is 20.3 Å². The number of carbonyl (C=O) groups excluding carboxylic acids is 1. The van der Waals surface area contributed by atoms with Crippen LogP contribution in [0, 0.1) is 0 Å². The van der Waals surface area contributed by atoms with E-state index in [0.717, 1.165) is 42.5 Å². The number of rotatable bonds is 3. The summed E-state index contributed by atoms with van der Waals surface area (Å²) in [6.45, 7) is 1.56. The third-order valence-corrected chi connectivity index (χ3v) is 4.47. The standard InChI is InChI=1S/C15H17BrN2O3/c1-20-15(19)13-6-11-9-18(12-2-4-21-5-3-12)17-14(11)7-10(13)8-16/h6-7,9,12H,2-5,8H2,1H3. The summed E-state index contributed by atoms with van der Waals surface area (Å²) in [4.78, 5) is 11.9. The second kappa shape index (κ2) is 6.15. The summed E-state index contributed by atoms with van der Waals surface area (Å²) in [7, 11) is 1.40. The van der Waals surface area contributed by atoms with Gasteiger partial charge in [0.05, 0.1) is 24.2 Å². The lowest BCUT2D eigenvalue weighted by Crippen LogP contribution is -2.19. The Balaban J connectivity index is 2.02. The number of fused-ring (bicyclic) bond motifs is 1. The van der Waals surface area contributed by atoms with E-state index in [1.807, 2.05) is 23.0 Å². The summed E-state index contributed by atoms with van der Waals surface area (Å²) in [5, 5.41) is 6.22. The summed E-state index contributed by atoms with van der Waals surface area (Å²) in [6.07, 6.45) is 3.96. The zero-order chi connectivity index (χ0) is 14.8. The van der Waals surface area contributed by atoms with Crippen LogP contribution in [0.25, 0.3) is 10.9 Å². The van der Waals surface area contributed by atoms with Crippen LogP contribution in [-0.4, -0.2) is 36.1 Å². The maximum atomic E-state index is 11.9. The highest BCUT2D eigenvalue weighted by Crippen LogP contribution is 2.26. The SMILES string of the molecule is COC(=O)c1cc2cn(C3CCOCC3)nc2cc1CBr. The van der Waals surface area contributed by atoms with Crippen molar-refractivity contribution < 1.29 is 14.3 Å². The maximum absolute atomic E-state index is 11.9. The number of esters is 1. The van der Waals surface area contributed by atoms with Gasteiger partial charge in [0.15, 0.2) is 0 Å². The molecule has 0 spiro atoms. The van der Waals surface area contributed by atoms with Crippen LogP contribution in [0.2, 0.25) is 0 Å². The van der Waals surface area contributed by atoms with Crippen molar-refractivity contribution in [3.8, 4) is 0 Å². The van der Waals surface area contributed by atoms with E-state index in [2.05, 4.69) is 21.0 Å². The van der Waals surface area contributed by atoms with Gasteiger partial charge in [0.1, 0.15) is 0 Å². The Hall–Kier alpha value is -1.40. The van der Waals surface area contributed by atoms with Crippen LogP contribution in [0.1, 0.15) is 34.8 Å². The molecule has 0 saturated carbocycles. The van der Waals surface area contributed by atoms with Gasteiger partial charge < -0.3 is 9.47 Å². The van der Waals surface area contributed by atoms with E-state index in [1.165, 1.54) is 7.11 Å². The minimum atomic E-state index is -0.315. The first-order valence-corrected chi connectivity index (χ1v) is 8.09. The zero-order valence-corrected chi connectivity index (χ0v) is 13.4. The molecular weight excluding hydrogens is 336 g/mol. The Morgan fingerprint density at radius 3 is 2.90 bits per heavy atom. The van der Waals surface area contributed by atoms with Gasteiger partial charge in [-0.25, -0.2) is 4.79 Å². The molecule has 1 fully saturated rings. The van der Waals surface area contributed by atoms with E-state index < -0.39 is 0 Å². The van der Waals surface area contributed by atoms with E-state index >= 15 is 0 Å². The van der Waals surface area contributed by atoms with Crippen LogP contribution in [0.5, 0.6) is 0 Å². The molecule has 1 aliphatic heterocycles. The van der Waals surface area contributed by atoms with Crippen molar-refractivity contribution in [3.63, 3.8) is 0 Å². The highest BCUT2D eigenvalue weighted by Gasteiger charge is 2.19. The van der Waals surface area contributed by atoms with E-state index in [0.29, 0.717) is 16.9 Å². The van der Waals surface area contributed by atoms with Crippen LogP contribution in [0.3, 0.4) is 0 Å². The fraction of sp³-hybridized carbons (Fsp3) is 0.467. The van der Waals surface area contributed by atoms with Crippen molar-refractivity contribution >= 4 is 32.8 Å². The number of halogens is 1. The van der Waals surface area contributed by atoms with E-state index in [1.54, 1.807) is 0 Å². The van der Waals surface area contributed by atoms with Crippen molar-refractivity contribution in [2.24, 2.45) is 0 Å². The van der Waals surface area contributed by atoms with E-state index in [-0.39, 0.29) is 5.97 Å². The number of benzene rings is 1. The normalized spacial score (nSPS) is 16.3. The number of aromatic nitrogens is 2. The first-order chi connectivity index (χ1) is 10.2. The second-order valence-corrected chi connectivity index (χ2v) is 5.71. The van der Waals surface area contributed by atoms with Crippen molar-refractivity contribution in [1.82, 2.24) is 9.78 Å². The van der Waals surface area contributed by atoms with Gasteiger partial charge in [-0.15, -0.1) is 0 Å². The molecule has 6 heteroatoms. The summed E-state index contributed by atoms with van der Waals surface area (Å²) in [6, 6.07) is 4.19. The predicted molar refractivity (Wildman–Crippen MR) is 82.8 cm³/mol. The van der Waals surface area contributed by atoms with Crippen LogP contribution in [0.15, 0.2) is 18.3 Å². The molecule has 112 valence electrons. The predicted octanol–water partition coefficient (Wildman–Crippen LogP) is 3.07. The molecule has 0 radical (unpaired) electrons. The highest BCUT2D eigenvalue weighted by molar-refractivity contribution is 9.08. The molecule has 2 aromatic rings. The Morgan fingerprint density at radius 1 is 1.48 bits per heavy atom. The average Bonchev–Trinajstić information content (AvgIpc) is 2.96. The molecule has 1 aromatic carbocycles. The third kappa shape index (κ3) is 2.82. The summed E-state index contributed by atoms with van der Waals surface area (Å²) in [5.74, 6) is -0.315. The lowest BCUT2D eigenvalue weighted by molar-refractivity contribution is 0.0600. The van der Waals surface area contributed by atoms with Gasteiger partial charge in [-0.1, -0.05) is 15.9 Å². The summed E-state index contributed by atoms with van der Waals surface area (Å²) in [5.41, 5.74) is 2.39. The minimum absolute atomic E-state index is 0.315. The molecule has 0 N–H and O–H groups in total. The molecule has 0 atom stereocenters. The summed E-state index contributed by atoms with van der Waals surface area (Å²) < 4.78 is 12.2. The van der Waals surface area contributed by atoms with Gasteiger partial charge in [-0.2, -0.15) is 5.10 Å². The number of hydrogen-bond donors (Lipinski definition) is 0. The first-order valence-electron chi connectivity index (χ1n) is 6.96. The van der Waals surface area contributed by atoms with Crippen molar-refractivity contribution in [2.45, 2.75) is 24.2 Å². The Bertz CT molecular complexity index is 662. The molecular formula is C15H17BrN2O3. The molecule has 5 nitrogen and oxygen atoms in total. The largest absolute Gasteiger partial charge is 0.465 e. The van der Waals surface area contributed by atoms with E-state index in [4.69, 9.17) is 9.47 Å². The van der Waals surface area contributed by atoms with Crippen molar-refractivity contribution in [1.29, 1.82) is 0 Å². The van der Waals surface area contributed by atoms with Gasteiger partial charge in [-0.05, 0) is 30.5 Å². The van der Waals surface area contributed by atoms with Crippen LogP contribution < -0.4 is 0 Å². The Morgan fingerprint density at radius 2 is 2.24 bits per heavy atom. The average molecular weight is 353 g/mol. The molecule has 0 bridgehead atoms. The molecule has 1 aliphatic rings. The molecule has 21 heavy (non-hydrogen) atoms. The number of alkyl halides is 1. The first kappa shape index (κ1) is 14.5. The van der Waals surface area contributed by atoms with Gasteiger partial charge in [0.2, 0.25) is 0 Å². The molecule has 3 rings (SSSR count). The van der Waals surface area contributed by atoms with Gasteiger partial charge >= 0.3 is 5.97 Å². The zero-order valence-electron chi connectivity index (χ0n) is 11.8. The number of hydrogen-bond acceptors (Lipinski definition) is 4. The van der Waals surface area contributed by atoms with Gasteiger partial charge in [-0.3, -0.25) is 4.68 Å². The third-order valence-electron chi connectivity index (χ3n) is 3.86. The lowest BCUT2D eigenvalue weighted by atomic mass is 10.1. The second-order valence-electron chi connectivity index (χ2n) is 5.15. The summed E-state index contributed by atoms with van der Waals surface area (Å²) >= 11 is 3.42. The Labute approximate surface area is 131 Å². The number of ether oxygens (including phenoxy) is 2. The molecule has 2 heterocycles. The fourth-order valence-corrected chi connectivity index (χ4v) is 3.15. The van der Waals surface area contributed by atoms with Crippen molar-refractivity contribution in [3.05, 3.63) is 29.5 Å². The minimum Gasteiger partial charge on any atom is -0.465 e. The molecule has 0 unspecified atom stereocenters. The van der Waals surface area contributed by atoms with Gasteiger partial charge in [0.25, 0.3) is 0 Å². The molecule has 1 aromatic heterocycles. The monoisotopic (exact) mass is 352 g/mol. The van der Waals surface area contributed by atoms with Crippen LogP contribution in [0.4, 0.5) is 0 Å². The fourth-order valence-electron chi connectivity index (χ4n) is 2.68. The van der Waals surface area contributed by atoms with E-state index in [9.17, 15) is 4.79 Å². The number of methoxy groups -OCH3 is 1. The smallest absolute Gasteiger partial charge is 0.338 e. The van der Waals surface area contributed by atoms with Crippen LogP contribution in [-0.2, 0) is 14.8 Å². The number of nitrogens with zero attached hydrogens (tertiary/aromatic N) is 2. The molecule has 0 aliphatic carbocycles. The number of carbonyl (C=O) groups is 1. The topological polar surface area (TPSA) is 53.4 Å². The van der Waals surface area contributed by atoms with Crippen LogP contribution >= 0.6 is 15.9 Å². The highest BCUT2D eigenvalue weighted by atomic mass is 79.9.